The number of hydrogen-bond acceptors (Lipinski definition) is 2. The second-order valence-electron chi connectivity index (χ2n) is 8.46. The second-order valence-corrected chi connectivity index (χ2v) is 8.46. The molecule has 2 heterocycles. The summed E-state index contributed by atoms with van der Waals surface area (Å²) >= 11 is 0. The fourth-order valence-corrected chi connectivity index (χ4v) is 5.31. The smallest absolute Gasteiger partial charge is 0.0896 e. The summed E-state index contributed by atoms with van der Waals surface area (Å²) in [5, 5.41) is 6.43. The second kappa shape index (κ2) is 7.30. The molecule has 4 aromatic carbocycles. The van der Waals surface area contributed by atoms with Gasteiger partial charge >= 0.3 is 0 Å². The lowest BCUT2D eigenvalue weighted by Gasteiger charge is -2.43. The first kappa shape index (κ1) is 17.7. The highest BCUT2D eigenvalue weighted by molar-refractivity contribution is 5.97. The van der Waals surface area contributed by atoms with Gasteiger partial charge in [0.2, 0.25) is 0 Å². The number of anilines is 1. The molecule has 0 aromatic heterocycles. The predicted molar refractivity (Wildman–Crippen MR) is 124 cm³/mol. The van der Waals surface area contributed by atoms with Crippen LogP contribution in [0.25, 0.3) is 21.9 Å². The molecule has 0 unspecified atom stereocenters. The third-order valence-corrected chi connectivity index (χ3v) is 6.72. The van der Waals surface area contributed by atoms with Crippen molar-refractivity contribution in [3.05, 3.63) is 102 Å². The minimum atomic E-state index is 0.148. The van der Waals surface area contributed by atoms with Crippen LogP contribution in [0.5, 0.6) is 0 Å². The first-order chi connectivity index (χ1) is 14.9. The minimum absolute atomic E-state index is 0.148. The molecule has 0 saturated carbocycles. The van der Waals surface area contributed by atoms with Crippen LogP contribution in [0.2, 0.25) is 0 Å². The first-order valence-electron chi connectivity index (χ1n) is 10.9. The Morgan fingerprint density at radius 1 is 0.800 bits per heavy atom. The van der Waals surface area contributed by atoms with E-state index < -0.39 is 0 Å². The van der Waals surface area contributed by atoms with E-state index in [1.165, 1.54) is 45.1 Å². The van der Waals surface area contributed by atoms with E-state index in [1.807, 2.05) is 0 Å². The van der Waals surface area contributed by atoms with Crippen molar-refractivity contribution in [3.8, 4) is 11.1 Å². The fraction of sp³-hybridized carbons (Fsp3) is 0.214. The maximum atomic E-state index is 6.40. The Balaban J connectivity index is 1.46. The van der Waals surface area contributed by atoms with Crippen LogP contribution in [0.3, 0.4) is 0 Å². The molecule has 1 N–H and O–H groups in total. The molecule has 0 spiro atoms. The summed E-state index contributed by atoms with van der Waals surface area (Å²) in [5.74, 6) is 0.455. The third-order valence-electron chi connectivity index (χ3n) is 6.72. The van der Waals surface area contributed by atoms with Crippen LogP contribution in [0.4, 0.5) is 5.69 Å². The summed E-state index contributed by atoms with van der Waals surface area (Å²) in [7, 11) is 0. The van der Waals surface area contributed by atoms with E-state index in [2.05, 4.69) is 96.3 Å². The molecular weight excluding hydrogens is 366 g/mol. The minimum Gasteiger partial charge on any atom is -0.378 e. The van der Waals surface area contributed by atoms with Crippen molar-refractivity contribution in [2.45, 2.75) is 25.0 Å². The van der Waals surface area contributed by atoms with Crippen molar-refractivity contribution in [1.82, 2.24) is 0 Å². The first-order valence-corrected chi connectivity index (χ1v) is 10.9. The van der Waals surface area contributed by atoms with Crippen molar-refractivity contribution in [2.75, 3.05) is 11.9 Å². The average Bonchev–Trinajstić information content (AvgIpc) is 2.83. The van der Waals surface area contributed by atoms with E-state index in [0.29, 0.717) is 12.0 Å². The molecule has 1 saturated heterocycles. The molecular formula is C28H25NO. The Kier molecular flexibility index (Phi) is 4.32. The Bertz CT molecular complexity index is 1190. The zero-order chi connectivity index (χ0) is 19.9. The molecule has 2 aliphatic heterocycles. The average molecular weight is 392 g/mol. The highest BCUT2D eigenvalue weighted by Crippen LogP contribution is 2.50. The summed E-state index contributed by atoms with van der Waals surface area (Å²) in [6, 6.07) is 33.2. The molecule has 2 heteroatoms. The van der Waals surface area contributed by atoms with Gasteiger partial charge in [-0.1, -0.05) is 78.9 Å². The Morgan fingerprint density at radius 2 is 1.63 bits per heavy atom. The van der Waals surface area contributed by atoms with Crippen LogP contribution in [0, 0.1) is 5.92 Å². The predicted octanol–water partition coefficient (Wildman–Crippen LogP) is 7.14. The molecule has 4 aromatic rings. The maximum Gasteiger partial charge on any atom is 0.0896 e. The number of hydrogen-bond donors (Lipinski definition) is 1. The van der Waals surface area contributed by atoms with Crippen LogP contribution < -0.4 is 5.32 Å². The van der Waals surface area contributed by atoms with Gasteiger partial charge < -0.3 is 10.1 Å². The molecule has 2 nitrogen and oxygen atoms in total. The van der Waals surface area contributed by atoms with Gasteiger partial charge in [-0.3, -0.25) is 0 Å². The quantitative estimate of drug-likeness (QED) is 0.392. The van der Waals surface area contributed by atoms with Crippen LogP contribution in [-0.4, -0.2) is 6.61 Å². The summed E-state index contributed by atoms with van der Waals surface area (Å²) in [6.45, 7) is 0.848. The maximum absolute atomic E-state index is 6.40. The van der Waals surface area contributed by atoms with Crippen molar-refractivity contribution >= 4 is 16.5 Å². The van der Waals surface area contributed by atoms with Gasteiger partial charge in [-0.2, -0.15) is 0 Å². The molecule has 30 heavy (non-hydrogen) atoms. The Labute approximate surface area is 177 Å². The summed E-state index contributed by atoms with van der Waals surface area (Å²) < 4.78 is 6.40. The third kappa shape index (κ3) is 2.91. The van der Waals surface area contributed by atoms with Gasteiger partial charge in [0.25, 0.3) is 0 Å². The molecule has 0 radical (unpaired) electrons. The highest BCUT2D eigenvalue weighted by Gasteiger charge is 2.39. The molecule has 0 amide bonds. The van der Waals surface area contributed by atoms with Gasteiger partial charge in [-0.15, -0.1) is 0 Å². The fourth-order valence-electron chi connectivity index (χ4n) is 5.31. The number of nitrogens with one attached hydrogen (secondary N) is 1. The zero-order valence-corrected chi connectivity index (χ0v) is 16.9. The molecule has 0 aliphatic carbocycles. The SMILES string of the molecule is c1ccc([C@@H]2Nc3ccc(-c4cccc5ccccc45)cc3[C@H]3OCCC[C@H]32)cc1. The monoisotopic (exact) mass is 391 g/mol. The number of rotatable bonds is 2. The van der Waals surface area contributed by atoms with E-state index in [1.54, 1.807) is 0 Å². The van der Waals surface area contributed by atoms with Gasteiger partial charge in [0.15, 0.2) is 0 Å². The van der Waals surface area contributed by atoms with Crippen molar-refractivity contribution in [3.63, 3.8) is 0 Å². The van der Waals surface area contributed by atoms with E-state index in [4.69, 9.17) is 4.74 Å². The topological polar surface area (TPSA) is 21.3 Å². The molecule has 3 atom stereocenters. The Hall–Kier alpha value is -3.10. The van der Waals surface area contributed by atoms with Crippen LogP contribution in [-0.2, 0) is 4.74 Å². The largest absolute Gasteiger partial charge is 0.378 e. The van der Waals surface area contributed by atoms with Crippen molar-refractivity contribution in [2.24, 2.45) is 5.92 Å². The molecule has 148 valence electrons. The highest BCUT2D eigenvalue weighted by atomic mass is 16.5. The van der Waals surface area contributed by atoms with Gasteiger partial charge in [0, 0.05) is 23.8 Å². The normalized spacial score (nSPS) is 22.7. The lowest BCUT2D eigenvalue weighted by molar-refractivity contribution is -0.0381. The molecule has 1 fully saturated rings. The van der Waals surface area contributed by atoms with Gasteiger partial charge in [-0.05, 0) is 52.4 Å². The van der Waals surface area contributed by atoms with E-state index in [0.717, 1.165) is 13.0 Å². The Morgan fingerprint density at radius 3 is 2.57 bits per heavy atom. The molecule has 2 aliphatic rings. The summed E-state index contributed by atoms with van der Waals surface area (Å²) in [4.78, 5) is 0. The lowest BCUT2D eigenvalue weighted by atomic mass is 9.77. The number of benzene rings is 4. The zero-order valence-electron chi connectivity index (χ0n) is 16.9. The van der Waals surface area contributed by atoms with Gasteiger partial charge in [-0.25, -0.2) is 0 Å². The summed E-state index contributed by atoms with van der Waals surface area (Å²) in [5.41, 5.74) is 6.40. The lowest BCUT2D eigenvalue weighted by Crippen LogP contribution is -2.36. The van der Waals surface area contributed by atoms with Crippen LogP contribution in [0.1, 0.15) is 36.1 Å². The van der Waals surface area contributed by atoms with Crippen molar-refractivity contribution < 1.29 is 4.74 Å². The summed E-state index contributed by atoms with van der Waals surface area (Å²) in [6.07, 6.45) is 2.47. The van der Waals surface area contributed by atoms with Gasteiger partial charge in [0.05, 0.1) is 12.1 Å². The van der Waals surface area contributed by atoms with Crippen molar-refractivity contribution in [1.29, 1.82) is 0 Å². The molecule has 6 rings (SSSR count). The molecule has 0 bridgehead atoms. The van der Waals surface area contributed by atoms with Crippen LogP contribution >= 0.6 is 0 Å². The van der Waals surface area contributed by atoms with E-state index in [9.17, 15) is 0 Å². The number of ether oxygens (including phenoxy) is 1. The van der Waals surface area contributed by atoms with Crippen LogP contribution in [0.15, 0.2) is 91.0 Å². The van der Waals surface area contributed by atoms with E-state index in [-0.39, 0.29) is 6.10 Å². The number of fused-ring (bicyclic) bond motifs is 4. The standard InChI is InChI=1S/C28H25NO/c1-2-9-20(10-3-1)27-24-14-7-17-30-28(24)25-18-21(15-16-26(25)29-27)23-13-6-11-19-8-4-5-12-22(19)23/h1-6,8-13,15-16,18,24,27-29H,7,14,17H2/t24-,27-,28-/m0/s1. The van der Waals surface area contributed by atoms with Gasteiger partial charge in [0.1, 0.15) is 0 Å². The van der Waals surface area contributed by atoms with E-state index >= 15 is 0 Å².